The first-order valence-electron chi connectivity index (χ1n) is 6.89. The van der Waals surface area contributed by atoms with Crippen molar-refractivity contribution in [2.45, 2.75) is 40.0 Å². The van der Waals surface area contributed by atoms with Crippen molar-refractivity contribution in [1.29, 1.82) is 0 Å². The first kappa shape index (κ1) is 16.4. The van der Waals surface area contributed by atoms with E-state index >= 15 is 0 Å². The molecule has 0 unspecified atom stereocenters. The molecule has 0 aliphatic rings. The molecular formula is C18H26. The van der Waals surface area contributed by atoms with Gasteiger partial charge in [0.05, 0.1) is 0 Å². The van der Waals surface area contributed by atoms with Gasteiger partial charge >= 0.3 is 0 Å². The highest BCUT2D eigenvalue weighted by molar-refractivity contribution is 5.14. The highest BCUT2D eigenvalue weighted by Gasteiger charge is 1.84. The van der Waals surface area contributed by atoms with Crippen molar-refractivity contribution in [3.63, 3.8) is 0 Å². The summed E-state index contributed by atoms with van der Waals surface area (Å²) in [5.41, 5.74) is 1.44. The van der Waals surface area contributed by atoms with Gasteiger partial charge in [0.2, 0.25) is 0 Å². The predicted molar refractivity (Wildman–Crippen MR) is 82.8 cm³/mol. The average Bonchev–Trinajstić information content (AvgIpc) is 2.44. The van der Waals surface area contributed by atoms with Gasteiger partial charge in [0.15, 0.2) is 0 Å². The van der Waals surface area contributed by atoms with Gasteiger partial charge in [-0.15, -0.1) is 0 Å². The van der Waals surface area contributed by atoms with Gasteiger partial charge in [-0.05, 0) is 12.0 Å². The summed E-state index contributed by atoms with van der Waals surface area (Å²) in [4.78, 5) is 0. The average molecular weight is 242 g/mol. The predicted octanol–water partition coefficient (Wildman–Crippen LogP) is 5.74. The topological polar surface area (TPSA) is 0 Å². The van der Waals surface area contributed by atoms with Crippen molar-refractivity contribution in [2.75, 3.05) is 0 Å². The van der Waals surface area contributed by atoms with Crippen LogP contribution in [-0.2, 0) is 6.42 Å². The molecular weight excluding hydrogens is 216 g/mol. The van der Waals surface area contributed by atoms with Crippen LogP contribution in [0.25, 0.3) is 0 Å². The molecule has 2 rings (SSSR count). The fraction of sp³-hybridized carbons (Fsp3) is 0.333. The Morgan fingerprint density at radius 3 is 1.28 bits per heavy atom. The molecule has 0 atom stereocenters. The first-order chi connectivity index (χ1) is 8.85. The Hall–Kier alpha value is -1.56. The van der Waals surface area contributed by atoms with Crippen LogP contribution in [0.15, 0.2) is 66.7 Å². The van der Waals surface area contributed by atoms with E-state index in [1.54, 1.807) is 0 Å². The zero-order chi connectivity index (χ0) is 13.5. The van der Waals surface area contributed by atoms with E-state index in [0.717, 1.165) is 0 Å². The monoisotopic (exact) mass is 242 g/mol. The van der Waals surface area contributed by atoms with Gasteiger partial charge in [0.25, 0.3) is 0 Å². The molecule has 0 nitrogen and oxygen atoms in total. The Morgan fingerprint density at radius 2 is 0.944 bits per heavy atom. The van der Waals surface area contributed by atoms with E-state index in [1.807, 2.05) is 36.4 Å². The molecule has 18 heavy (non-hydrogen) atoms. The standard InChI is InChI=1S/C9H12.C6H6.C3H8/c1-2-6-9-7-4-3-5-8-9;1-2-4-6-5-3-1;1-3-2/h3-5,7-8H,2,6H2,1H3;1-6H;3H2,1-2H3. The van der Waals surface area contributed by atoms with E-state index in [-0.39, 0.29) is 0 Å². The number of hydrogen-bond donors (Lipinski definition) is 0. The zero-order valence-electron chi connectivity index (χ0n) is 12.0. The maximum Gasteiger partial charge on any atom is -0.0281 e. The Balaban J connectivity index is 0.000000278. The summed E-state index contributed by atoms with van der Waals surface area (Å²) in [6, 6.07) is 22.6. The lowest BCUT2D eigenvalue weighted by atomic mass is 10.1. The van der Waals surface area contributed by atoms with Crippen LogP contribution in [0.2, 0.25) is 0 Å². The molecule has 0 aliphatic carbocycles. The van der Waals surface area contributed by atoms with E-state index in [4.69, 9.17) is 0 Å². The van der Waals surface area contributed by atoms with E-state index in [9.17, 15) is 0 Å². The molecule has 0 bridgehead atoms. The van der Waals surface area contributed by atoms with Crippen LogP contribution in [0.5, 0.6) is 0 Å². The number of rotatable bonds is 2. The molecule has 0 amide bonds. The third-order valence-electron chi connectivity index (χ3n) is 2.05. The highest BCUT2D eigenvalue weighted by atomic mass is 13.9. The second-order valence-corrected chi connectivity index (χ2v) is 4.10. The molecule has 0 saturated heterocycles. The van der Waals surface area contributed by atoms with Gasteiger partial charge in [-0.2, -0.15) is 0 Å². The summed E-state index contributed by atoms with van der Waals surface area (Å²) in [7, 11) is 0. The minimum Gasteiger partial charge on any atom is -0.0656 e. The van der Waals surface area contributed by atoms with Crippen molar-refractivity contribution in [1.82, 2.24) is 0 Å². The lowest BCUT2D eigenvalue weighted by Gasteiger charge is -1.93. The summed E-state index contributed by atoms with van der Waals surface area (Å²) in [6.45, 7) is 6.45. The fourth-order valence-electron chi connectivity index (χ4n) is 1.32. The number of hydrogen-bond acceptors (Lipinski definition) is 0. The Bertz CT molecular complexity index is 310. The first-order valence-corrected chi connectivity index (χ1v) is 6.89. The van der Waals surface area contributed by atoms with Crippen LogP contribution < -0.4 is 0 Å². The molecule has 0 radical (unpaired) electrons. The van der Waals surface area contributed by atoms with Crippen molar-refractivity contribution < 1.29 is 0 Å². The fourth-order valence-corrected chi connectivity index (χ4v) is 1.32. The molecule has 0 fully saturated rings. The summed E-state index contributed by atoms with van der Waals surface area (Å²) < 4.78 is 0. The smallest absolute Gasteiger partial charge is 0.0281 e. The maximum absolute atomic E-state index is 2.20. The van der Waals surface area contributed by atoms with Crippen molar-refractivity contribution in [3.05, 3.63) is 72.3 Å². The molecule has 0 aromatic heterocycles. The zero-order valence-corrected chi connectivity index (χ0v) is 12.0. The molecule has 2 aromatic rings. The van der Waals surface area contributed by atoms with E-state index < -0.39 is 0 Å². The van der Waals surface area contributed by atoms with Gasteiger partial charge in [0, 0.05) is 0 Å². The molecule has 0 N–H and O–H groups in total. The second-order valence-electron chi connectivity index (χ2n) is 4.10. The molecule has 0 heteroatoms. The SMILES string of the molecule is CCC.CCCc1ccccc1.c1ccccc1. The van der Waals surface area contributed by atoms with E-state index in [1.165, 1.54) is 24.8 Å². The lowest BCUT2D eigenvalue weighted by molar-refractivity contribution is 0.922. The summed E-state index contributed by atoms with van der Waals surface area (Å²) in [5.74, 6) is 0. The van der Waals surface area contributed by atoms with Crippen LogP contribution in [0.4, 0.5) is 0 Å². The van der Waals surface area contributed by atoms with Crippen molar-refractivity contribution >= 4 is 0 Å². The molecule has 0 spiro atoms. The van der Waals surface area contributed by atoms with Gasteiger partial charge in [-0.3, -0.25) is 0 Å². The molecule has 2 aromatic carbocycles. The Morgan fingerprint density at radius 1 is 0.611 bits per heavy atom. The normalized spacial score (nSPS) is 8.39. The van der Waals surface area contributed by atoms with Gasteiger partial charge in [0.1, 0.15) is 0 Å². The van der Waals surface area contributed by atoms with E-state index in [0.29, 0.717) is 0 Å². The third-order valence-corrected chi connectivity index (χ3v) is 2.05. The lowest BCUT2D eigenvalue weighted by Crippen LogP contribution is -1.78. The van der Waals surface area contributed by atoms with Gasteiger partial charge < -0.3 is 0 Å². The molecule has 98 valence electrons. The quantitative estimate of drug-likeness (QED) is 0.629. The van der Waals surface area contributed by atoms with E-state index in [2.05, 4.69) is 51.1 Å². The van der Waals surface area contributed by atoms with Crippen LogP contribution >= 0.6 is 0 Å². The number of aryl methyl sites for hydroxylation is 1. The van der Waals surface area contributed by atoms with Crippen LogP contribution in [0.1, 0.15) is 39.2 Å². The number of benzene rings is 2. The van der Waals surface area contributed by atoms with Crippen molar-refractivity contribution in [2.24, 2.45) is 0 Å². The van der Waals surface area contributed by atoms with Crippen LogP contribution in [0.3, 0.4) is 0 Å². The highest BCUT2D eigenvalue weighted by Crippen LogP contribution is 2.00. The summed E-state index contributed by atoms with van der Waals surface area (Å²) >= 11 is 0. The largest absolute Gasteiger partial charge is 0.0656 e. The Kier molecular flexibility index (Phi) is 12.3. The minimum absolute atomic E-state index is 1.21. The second kappa shape index (κ2) is 13.5. The molecule has 0 aliphatic heterocycles. The summed E-state index contributed by atoms with van der Waals surface area (Å²) in [6.07, 6.45) is 3.70. The minimum atomic E-state index is 1.21. The van der Waals surface area contributed by atoms with Gasteiger partial charge in [-0.25, -0.2) is 0 Å². The molecule has 0 heterocycles. The van der Waals surface area contributed by atoms with Crippen LogP contribution in [-0.4, -0.2) is 0 Å². The Labute approximate surface area is 113 Å². The van der Waals surface area contributed by atoms with Gasteiger partial charge in [-0.1, -0.05) is 100 Å². The van der Waals surface area contributed by atoms with Crippen molar-refractivity contribution in [3.8, 4) is 0 Å². The summed E-state index contributed by atoms with van der Waals surface area (Å²) in [5, 5.41) is 0. The third kappa shape index (κ3) is 10.9. The van der Waals surface area contributed by atoms with Crippen LogP contribution in [0, 0.1) is 0 Å². The maximum atomic E-state index is 2.20. The molecule has 0 saturated carbocycles.